The Morgan fingerprint density at radius 1 is 0.947 bits per heavy atom. The van der Waals surface area contributed by atoms with Crippen LogP contribution in [0.15, 0.2) is 88.2 Å². The molecular formula is C28H31BrClN3O4S. The second-order valence-electron chi connectivity index (χ2n) is 8.94. The summed E-state index contributed by atoms with van der Waals surface area (Å²) in [7, 11) is -4.09. The molecule has 7 nitrogen and oxygen atoms in total. The quantitative estimate of drug-likeness (QED) is 0.301. The standard InChI is InChI=1S/C28H31BrClN3O4S/c1-4-20(2)31-28(35)21(3)32(18-22-10-14-24(30)15-11-22)27(34)19-33(25-16-12-23(29)13-17-25)38(36,37)26-8-6-5-7-9-26/h5-17,20-21H,4,18-19H2,1-3H3,(H,31,35)/t20-,21+/m1/s1. The number of hydrogen-bond donors (Lipinski definition) is 1. The topological polar surface area (TPSA) is 86.8 Å². The maximum Gasteiger partial charge on any atom is 0.264 e. The van der Waals surface area contributed by atoms with E-state index in [0.717, 1.165) is 20.8 Å². The van der Waals surface area contributed by atoms with E-state index in [1.807, 2.05) is 13.8 Å². The molecule has 0 saturated heterocycles. The van der Waals surface area contributed by atoms with E-state index in [0.29, 0.717) is 10.7 Å². The highest BCUT2D eigenvalue weighted by Gasteiger charge is 2.32. The van der Waals surface area contributed by atoms with Gasteiger partial charge in [0.1, 0.15) is 12.6 Å². The van der Waals surface area contributed by atoms with Crippen molar-refractivity contribution in [1.29, 1.82) is 0 Å². The number of sulfonamides is 1. The molecule has 38 heavy (non-hydrogen) atoms. The van der Waals surface area contributed by atoms with Crippen molar-refractivity contribution in [1.82, 2.24) is 10.2 Å². The van der Waals surface area contributed by atoms with E-state index in [2.05, 4.69) is 21.2 Å². The van der Waals surface area contributed by atoms with E-state index in [1.54, 1.807) is 73.7 Å². The normalized spacial score (nSPS) is 12.9. The lowest BCUT2D eigenvalue weighted by Gasteiger charge is -2.32. The van der Waals surface area contributed by atoms with Crippen molar-refractivity contribution in [3.63, 3.8) is 0 Å². The molecule has 3 rings (SSSR count). The summed E-state index contributed by atoms with van der Waals surface area (Å²) in [5.41, 5.74) is 1.08. The predicted octanol–water partition coefficient (Wildman–Crippen LogP) is 5.63. The van der Waals surface area contributed by atoms with Gasteiger partial charge in [-0.15, -0.1) is 0 Å². The fourth-order valence-corrected chi connectivity index (χ4v) is 5.52. The number of carbonyl (C=O) groups excluding carboxylic acids is 2. The third-order valence-electron chi connectivity index (χ3n) is 6.16. The molecule has 0 aromatic heterocycles. The fraction of sp³-hybridized carbons (Fsp3) is 0.286. The van der Waals surface area contributed by atoms with E-state index in [1.165, 1.54) is 17.0 Å². The van der Waals surface area contributed by atoms with Crippen LogP contribution in [0.4, 0.5) is 5.69 Å². The van der Waals surface area contributed by atoms with Gasteiger partial charge in [0.25, 0.3) is 10.0 Å². The van der Waals surface area contributed by atoms with E-state index in [4.69, 9.17) is 11.6 Å². The fourth-order valence-electron chi connectivity index (χ4n) is 3.69. The average molecular weight is 621 g/mol. The van der Waals surface area contributed by atoms with E-state index in [9.17, 15) is 18.0 Å². The van der Waals surface area contributed by atoms with E-state index < -0.39 is 28.5 Å². The van der Waals surface area contributed by atoms with Crippen molar-refractivity contribution in [2.24, 2.45) is 0 Å². The highest BCUT2D eigenvalue weighted by Crippen LogP contribution is 2.26. The van der Waals surface area contributed by atoms with Gasteiger partial charge in [-0.3, -0.25) is 13.9 Å². The number of nitrogens with zero attached hydrogens (tertiary/aromatic N) is 2. The van der Waals surface area contributed by atoms with Crippen LogP contribution in [0.25, 0.3) is 0 Å². The van der Waals surface area contributed by atoms with Gasteiger partial charge in [-0.1, -0.05) is 64.8 Å². The van der Waals surface area contributed by atoms with Crippen molar-refractivity contribution >= 4 is 55.1 Å². The molecule has 0 unspecified atom stereocenters. The summed E-state index contributed by atoms with van der Waals surface area (Å²) in [6, 6.07) is 20.7. The third-order valence-corrected chi connectivity index (χ3v) is 8.73. The Kier molecular flexibility index (Phi) is 10.4. The largest absolute Gasteiger partial charge is 0.352 e. The first-order chi connectivity index (χ1) is 18.0. The molecule has 3 aromatic rings. The van der Waals surface area contributed by atoms with Gasteiger partial charge in [-0.25, -0.2) is 8.42 Å². The lowest BCUT2D eigenvalue weighted by molar-refractivity contribution is -0.139. The van der Waals surface area contributed by atoms with Crippen molar-refractivity contribution in [2.75, 3.05) is 10.8 Å². The second-order valence-corrected chi connectivity index (χ2v) is 12.2. The van der Waals surface area contributed by atoms with Crippen molar-refractivity contribution in [2.45, 2.75) is 50.7 Å². The molecule has 0 radical (unpaired) electrons. The molecule has 0 aliphatic heterocycles. The molecule has 0 bridgehead atoms. The van der Waals surface area contributed by atoms with Crippen molar-refractivity contribution in [3.8, 4) is 0 Å². The Morgan fingerprint density at radius 3 is 2.13 bits per heavy atom. The summed E-state index contributed by atoms with van der Waals surface area (Å²) in [6.45, 7) is 5.09. The number of halogens is 2. The Hall–Kier alpha value is -2.88. The number of carbonyl (C=O) groups is 2. The van der Waals surface area contributed by atoms with Crippen LogP contribution in [0.1, 0.15) is 32.8 Å². The van der Waals surface area contributed by atoms with Gasteiger partial charge in [0.15, 0.2) is 0 Å². The zero-order chi connectivity index (χ0) is 27.9. The van der Waals surface area contributed by atoms with Gasteiger partial charge >= 0.3 is 0 Å². The Balaban J connectivity index is 2.00. The molecule has 1 N–H and O–H groups in total. The van der Waals surface area contributed by atoms with Crippen LogP contribution in [0.5, 0.6) is 0 Å². The predicted molar refractivity (Wildman–Crippen MR) is 154 cm³/mol. The summed E-state index contributed by atoms with van der Waals surface area (Å²) in [5, 5.41) is 3.46. The number of nitrogens with one attached hydrogen (secondary N) is 1. The van der Waals surface area contributed by atoms with E-state index >= 15 is 0 Å². The van der Waals surface area contributed by atoms with Crippen LogP contribution >= 0.6 is 27.5 Å². The lowest BCUT2D eigenvalue weighted by atomic mass is 10.1. The van der Waals surface area contributed by atoms with Gasteiger partial charge in [-0.2, -0.15) is 0 Å². The van der Waals surface area contributed by atoms with Gasteiger partial charge in [-0.05, 0) is 74.4 Å². The minimum absolute atomic E-state index is 0.0579. The second kappa shape index (κ2) is 13.3. The molecule has 10 heteroatoms. The molecule has 202 valence electrons. The first kappa shape index (κ1) is 29.7. The Labute approximate surface area is 238 Å². The van der Waals surface area contributed by atoms with Crippen LogP contribution in [0.3, 0.4) is 0 Å². The summed E-state index contributed by atoms with van der Waals surface area (Å²) >= 11 is 9.40. The highest BCUT2D eigenvalue weighted by atomic mass is 79.9. The molecule has 2 atom stereocenters. The van der Waals surface area contributed by atoms with Gasteiger partial charge in [0.2, 0.25) is 11.8 Å². The number of benzene rings is 3. The molecule has 0 fully saturated rings. The monoisotopic (exact) mass is 619 g/mol. The number of anilines is 1. The van der Waals surface area contributed by atoms with Crippen LogP contribution in [-0.4, -0.2) is 43.8 Å². The molecule has 3 aromatic carbocycles. The van der Waals surface area contributed by atoms with Crippen LogP contribution in [0, 0.1) is 0 Å². The smallest absolute Gasteiger partial charge is 0.264 e. The number of amides is 2. The first-order valence-corrected chi connectivity index (χ1v) is 14.8. The van der Waals surface area contributed by atoms with Crippen molar-refractivity contribution in [3.05, 3.63) is 93.9 Å². The minimum Gasteiger partial charge on any atom is -0.352 e. The SMILES string of the molecule is CC[C@@H](C)NC(=O)[C@H](C)N(Cc1ccc(Cl)cc1)C(=O)CN(c1ccc(Br)cc1)S(=O)(=O)c1ccccc1. The third kappa shape index (κ3) is 7.58. The molecule has 0 saturated carbocycles. The lowest BCUT2D eigenvalue weighted by Crippen LogP contribution is -2.52. The molecule has 0 aliphatic rings. The van der Waals surface area contributed by atoms with Gasteiger partial charge in [0, 0.05) is 22.1 Å². The number of rotatable bonds is 11. The maximum atomic E-state index is 13.8. The summed E-state index contributed by atoms with van der Waals surface area (Å²) in [6.07, 6.45) is 0.732. The van der Waals surface area contributed by atoms with Crippen LogP contribution in [-0.2, 0) is 26.2 Å². The van der Waals surface area contributed by atoms with Crippen LogP contribution in [0.2, 0.25) is 5.02 Å². The van der Waals surface area contributed by atoms with Crippen LogP contribution < -0.4 is 9.62 Å². The zero-order valence-electron chi connectivity index (χ0n) is 21.5. The first-order valence-electron chi connectivity index (χ1n) is 12.2. The highest BCUT2D eigenvalue weighted by molar-refractivity contribution is 9.10. The molecule has 0 heterocycles. The average Bonchev–Trinajstić information content (AvgIpc) is 2.91. The molecular weight excluding hydrogens is 590 g/mol. The summed E-state index contributed by atoms with van der Waals surface area (Å²) < 4.78 is 29.3. The number of hydrogen-bond acceptors (Lipinski definition) is 4. The van der Waals surface area contributed by atoms with Gasteiger partial charge in [0.05, 0.1) is 10.6 Å². The Morgan fingerprint density at radius 2 is 1.55 bits per heavy atom. The molecule has 0 spiro atoms. The zero-order valence-corrected chi connectivity index (χ0v) is 24.6. The van der Waals surface area contributed by atoms with Crippen molar-refractivity contribution < 1.29 is 18.0 Å². The molecule has 2 amide bonds. The summed E-state index contributed by atoms with van der Waals surface area (Å²) in [4.78, 5) is 28.4. The summed E-state index contributed by atoms with van der Waals surface area (Å²) in [5.74, 6) is -0.836. The van der Waals surface area contributed by atoms with E-state index in [-0.39, 0.29) is 23.4 Å². The minimum atomic E-state index is -4.09. The maximum absolute atomic E-state index is 13.8. The molecule has 0 aliphatic carbocycles. The Bertz CT molecular complexity index is 1340. The van der Waals surface area contributed by atoms with Gasteiger partial charge < -0.3 is 10.2 Å².